The van der Waals surface area contributed by atoms with Gasteiger partial charge in [-0.2, -0.15) is 0 Å². The molecule has 6 heteroatoms. The highest BCUT2D eigenvalue weighted by Gasteiger charge is 2.19. The molecule has 6 nitrogen and oxygen atoms in total. The predicted octanol–water partition coefficient (Wildman–Crippen LogP) is 24.1. The topological polar surface area (TPSA) is 78.9 Å². The van der Waals surface area contributed by atoms with Gasteiger partial charge in [-0.15, -0.1) is 0 Å². The minimum Gasteiger partial charge on any atom is -0.462 e. The zero-order chi connectivity index (χ0) is 59.9. The maximum absolute atomic E-state index is 12.9. The summed E-state index contributed by atoms with van der Waals surface area (Å²) in [6.45, 7) is 6.41. The normalized spacial score (nSPS) is 13.0. The first-order valence-electron chi connectivity index (χ1n) is 34.7. The second kappa shape index (κ2) is 70.0. The number of allylic oxidation sites excluding steroid dienone is 22. The lowest BCUT2D eigenvalue weighted by Gasteiger charge is -2.18. The Kier molecular flexibility index (Phi) is 66.3. The Hall–Kier alpha value is -4.45. The van der Waals surface area contributed by atoms with E-state index < -0.39 is 6.10 Å². The molecular formula is C77H128O6. The molecule has 0 heterocycles. The number of unbranched alkanes of at least 4 members (excludes halogenated alkanes) is 29. The average Bonchev–Trinajstić information content (AvgIpc) is 3.49. The van der Waals surface area contributed by atoms with Gasteiger partial charge in [0, 0.05) is 19.3 Å². The second-order valence-electron chi connectivity index (χ2n) is 22.7. The fraction of sp³-hybridized carbons (Fsp3) is 0.675. The van der Waals surface area contributed by atoms with Crippen molar-refractivity contribution in [2.45, 2.75) is 322 Å². The highest BCUT2D eigenvalue weighted by molar-refractivity contribution is 5.71. The zero-order valence-corrected chi connectivity index (χ0v) is 54.2. The van der Waals surface area contributed by atoms with Gasteiger partial charge in [-0.05, 0) is 135 Å². The van der Waals surface area contributed by atoms with Gasteiger partial charge in [-0.25, -0.2) is 0 Å². The Morgan fingerprint density at radius 3 is 0.747 bits per heavy atom. The minimum absolute atomic E-state index is 0.0896. The minimum atomic E-state index is -0.794. The van der Waals surface area contributed by atoms with Crippen LogP contribution in [0.15, 0.2) is 134 Å². The Morgan fingerprint density at radius 1 is 0.253 bits per heavy atom. The van der Waals surface area contributed by atoms with Crippen LogP contribution >= 0.6 is 0 Å². The van der Waals surface area contributed by atoms with E-state index in [-0.39, 0.29) is 31.1 Å². The molecule has 0 aromatic carbocycles. The molecule has 0 aliphatic carbocycles. The third-order valence-corrected chi connectivity index (χ3v) is 14.6. The molecule has 0 rings (SSSR count). The van der Waals surface area contributed by atoms with Crippen molar-refractivity contribution in [3.05, 3.63) is 134 Å². The summed E-state index contributed by atoms with van der Waals surface area (Å²) in [7, 11) is 0. The first-order chi connectivity index (χ1) is 41.0. The molecule has 0 aromatic rings. The summed E-state index contributed by atoms with van der Waals surface area (Å²) < 4.78 is 17.0. The lowest BCUT2D eigenvalue weighted by atomic mass is 10.1. The van der Waals surface area contributed by atoms with E-state index in [1.165, 1.54) is 128 Å². The van der Waals surface area contributed by atoms with Crippen LogP contribution < -0.4 is 0 Å². The van der Waals surface area contributed by atoms with E-state index in [0.717, 1.165) is 148 Å². The van der Waals surface area contributed by atoms with Crippen molar-refractivity contribution in [3.63, 3.8) is 0 Å². The van der Waals surface area contributed by atoms with Crippen LogP contribution in [0.5, 0.6) is 0 Å². The summed E-state index contributed by atoms with van der Waals surface area (Å²) >= 11 is 0. The molecule has 0 aliphatic rings. The number of carbonyl (C=O) groups excluding carboxylic acids is 3. The van der Waals surface area contributed by atoms with Crippen molar-refractivity contribution in [1.29, 1.82) is 0 Å². The van der Waals surface area contributed by atoms with E-state index in [4.69, 9.17) is 14.2 Å². The van der Waals surface area contributed by atoms with Gasteiger partial charge in [-0.1, -0.05) is 296 Å². The van der Waals surface area contributed by atoms with E-state index in [0.29, 0.717) is 19.3 Å². The monoisotopic (exact) mass is 1150 g/mol. The number of carbonyl (C=O) groups is 3. The van der Waals surface area contributed by atoms with Gasteiger partial charge in [0.2, 0.25) is 0 Å². The van der Waals surface area contributed by atoms with Crippen LogP contribution in [0.2, 0.25) is 0 Å². The molecule has 0 bridgehead atoms. The molecule has 0 amide bonds. The Bertz CT molecular complexity index is 1750. The molecule has 0 spiro atoms. The first kappa shape index (κ1) is 78.5. The van der Waals surface area contributed by atoms with Crippen molar-refractivity contribution < 1.29 is 28.6 Å². The van der Waals surface area contributed by atoms with Crippen molar-refractivity contribution in [2.24, 2.45) is 0 Å². The molecule has 1 unspecified atom stereocenters. The predicted molar refractivity (Wildman–Crippen MR) is 362 cm³/mol. The lowest BCUT2D eigenvalue weighted by molar-refractivity contribution is -0.167. The summed E-state index contributed by atoms with van der Waals surface area (Å²) in [5.41, 5.74) is 0. The quantitative estimate of drug-likeness (QED) is 0.0261. The number of ether oxygens (including phenoxy) is 3. The van der Waals surface area contributed by atoms with Crippen molar-refractivity contribution in [3.8, 4) is 0 Å². The van der Waals surface area contributed by atoms with Crippen molar-refractivity contribution >= 4 is 17.9 Å². The first-order valence-corrected chi connectivity index (χ1v) is 34.7. The SMILES string of the molecule is CC/C=C\C/C=C\C/C=C\C/C=C\C/C=C\C/C=C\C/C=C\CCCCCCCCCCCC(=O)OCC(COC(=O)CCCCCCC/C=C\C/C=C\C/C=C\CC)OC(=O)CCCCCCCCCCC/C=C\CCCCCCCC. The lowest BCUT2D eigenvalue weighted by Crippen LogP contribution is -2.30. The summed E-state index contributed by atoms with van der Waals surface area (Å²) in [4.78, 5) is 38.4. The molecule has 0 aromatic heterocycles. The largest absolute Gasteiger partial charge is 0.462 e. The average molecular weight is 1150 g/mol. The highest BCUT2D eigenvalue weighted by Crippen LogP contribution is 2.16. The summed E-state index contributed by atoms with van der Waals surface area (Å²) in [5.74, 6) is -0.907. The van der Waals surface area contributed by atoms with E-state index in [1.807, 2.05) is 0 Å². The second-order valence-corrected chi connectivity index (χ2v) is 22.7. The van der Waals surface area contributed by atoms with E-state index >= 15 is 0 Å². The number of esters is 3. The van der Waals surface area contributed by atoms with Crippen LogP contribution in [0, 0.1) is 0 Å². The maximum atomic E-state index is 12.9. The number of hydrogen-bond donors (Lipinski definition) is 0. The summed E-state index contributed by atoms with van der Waals surface area (Å²) in [6, 6.07) is 0. The van der Waals surface area contributed by atoms with Gasteiger partial charge in [0.05, 0.1) is 0 Å². The van der Waals surface area contributed by atoms with E-state index in [9.17, 15) is 14.4 Å². The molecule has 1 atom stereocenters. The third-order valence-electron chi connectivity index (χ3n) is 14.6. The summed E-state index contributed by atoms with van der Waals surface area (Å²) in [6.07, 6.45) is 98.9. The van der Waals surface area contributed by atoms with Crippen molar-refractivity contribution in [1.82, 2.24) is 0 Å². The van der Waals surface area contributed by atoms with Gasteiger partial charge in [0.15, 0.2) is 6.10 Å². The zero-order valence-electron chi connectivity index (χ0n) is 54.2. The highest BCUT2D eigenvalue weighted by atomic mass is 16.6. The number of rotatable bonds is 62. The molecule has 83 heavy (non-hydrogen) atoms. The molecule has 0 N–H and O–H groups in total. The van der Waals surface area contributed by atoms with Crippen LogP contribution in [-0.2, 0) is 28.6 Å². The van der Waals surface area contributed by atoms with Crippen LogP contribution in [0.1, 0.15) is 316 Å². The Morgan fingerprint density at radius 2 is 0.470 bits per heavy atom. The fourth-order valence-electron chi connectivity index (χ4n) is 9.49. The molecule has 0 saturated carbocycles. The smallest absolute Gasteiger partial charge is 0.306 e. The molecule has 472 valence electrons. The van der Waals surface area contributed by atoms with Crippen LogP contribution in [0.4, 0.5) is 0 Å². The fourth-order valence-corrected chi connectivity index (χ4v) is 9.49. The van der Waals surface area contributed by atoms with Crippen molar-refractivity contribution in [2.75, 3.05) is 13.2 Å². The number of hydrogen-bond acceptors (Lipinski definition) is 6. The van der Waals surface area contributed by atoms with Gasteiger partial charge in [0.25, 0.3) is 0 Å². The van der Waals surface area contributed by atoms with Crippen LogP contribution in [-0.4, -0.2) is 37.2 Å². The van der Waals surface area contributed by atoms with E-state index in [2.05, 4.69) is 154 Å². The Labute approximate surface area is 513 Å². The van der Waals surface area contributed by atoms with E-state index in [1.54, 1.807) is 0 Å². The molecule has 0 fully saturated rings. The maximum Gasteiger partial charge on any atom is 0.306 e. The third kappa shape index (κ3) is 68.2. The van der Waals surface area contributed by atoms with Gasteiger partial charge < -0.3 is 14.2 Å². The Balaban J connectivity index is 4.34. The molecule has 0 aliphatic heterocycles. The van der Waals surface area contributed by atoms with Crippen LogP contribution in [0.3, 0.4) is 0 Å². The summed E-state index contributed by atoms with van der Waals surface area (Å²) in [5, 5.41) is 0. The van der Waals surface area contributed by atoms with Crippen LogP contribution in [0.25, 0.3) is 0 Å². The standard InChI is InChI=1S/C77H128O6/c1-4-7-10-13-16-19-22-25-28-30-32-33-34-35-36-37-38-39-40-41-42-43-45-46-49-52-55-58-61-64-67-70-76(79)82-73-74(72-81-75(78)69-66-63-60-57-54-51-48-27-24-21-18-15-12-9-6-3)83-77(80)71-68-65-62-59-56-53-50-47-44-31-29-26-23-20-17-14-11-8-5-2/h7,9-10,12,16,18-19,21,25-29,32-33,35-36,38-39,41-42,48,74H,4-6,8,11,13-15,17,20,22-24,30-31,34,37,40,43-47,49-73H2,1-3H3/b10-7-,12-9-,19-16-,21-18-,28-25-,29-26-,33-32-,36-35-,39-38-,42-41-,48-27-. The van der Waals surface area contributed by atoms with Gasteiger partial charge >= 0.3 is 17.9 Å². The molecule has 0 radical (unpaired) electrons. The molecular weight excluding hydrogens is 1020 g/mol. The van der Waals surface area contributed by atoms with Gasteiger partial charge in [-0.3, -0.25) is 14.4 Å². The van der Waals surface area contributed by atoms with Gasteiger partial charge in [0.1, 0.15) is 13.2 Å². The molecule has 0 saturated heterocycles.